The fraction of sp³-hybridized carbons (Fsp3) is 0.136. The Morgan fingerprint density at radius 2 is 1.68 bits per heavy atom. The van der Waals surface area contributed by atoms with Crippen LogP contribution in [0.1, 0.15) is 33.2 Å². The number of amides is 1. The van der Waals surface area contributed by atoms with Crippen LogP contribution in [0.4, 0.5) is 11.4 Å². The second kappa shape index (κ2) is 7.15. The lowest BCUT2D eigenvalue weighted by Crippen LogP contribution is -2.42. The van der Waals surface area contributed by atoms with Gasteiger partial charge < -0.3 is 10.2 Å². The molecule has 140 valence electrons. The van der Waals surface area contributed by atoms with E-state index in [1.807, 2.05) is 49.4 Å². The number of carbonyl (C=O) groups excluding carboxylic acids is 1. The third-order valence-electron chi connectivity index (χ3n) is 4.92. The largest absolute Gasteiger partial charge is 0.361 e. The van der Waals surface area contributed by atoms with Crippen molar-refractivity contribution in [3.05, 3.63) is 105 Å². The van der Waals surface area contributed by atoms with Gasteiger partial charge in [-0.2, -0.15) is 0 Å². The average molecular weight is 373 g/mol. The second-order valence-corrected chi connectivity index (χ2v) is 6.86. The maximum absolute atomic E-state index is 13.2. The van der Waals surface area contributed by atoms with E-state index >= 15 is 0 Å². The number of nitrogens with one attached hydrogen (secondary N) is 1. The van der Waals surface area contributed by atoms with E-state index in [1.54, 1.807) is 23.1 Å². The molecule has 0 aromatic heterocycles. The number of anilines is 1. The summed E-state index contributed by atoms with van der Waals surface area (Å²) < 4.78 is 0. The molecule has 1 heterocycles. The van der Waals surface area contributed by atoms with Crippen LogP contribution in [0.15, 0.2) is 72.8 Å². The van der Waals surface area contributed by atoms with Gasteiger partial charge in [-0.3, -0.25) is 14.9 Å². The summed E-state index contributed by atoms with van der Waals surface area (Å²) in [4.78, 5) is 25.5. The van der Waals surface area contributed by atoms with E-state index in [2.05, 4.69) is 5.32 Å². The smallest absolute Gasteiger partial charge is 0.269 e. The number of nitro groups is 1. The third-order valence-corrected chi connectivity index (χ3v) is 4.92. The number of carbonyl (C=O) groups is 1. The third kappa shape index (κ3) is 3.32. The normalized spacial score (nSPS) is 15.7. The van der Waals surface area contributed by atoms with Crippen LogP contribution in [-0.2, 0) is 6.54 Å². The number of hydrogen-bond donors (Lipinski definition) is 1. The summed E-state index contributed by atoms with van der Waals surface area (Å²) >= 11 is 0. The van der Waals surface area contributed by atoms with E-state index in [0.29, 0.717) is 12.1 Å². The summed E-state index contributed by atoms with van der Waals surface area (Å²) in [6.45, 7) is 2.45. The van der Waals surface area contributed by atoms with Crippen molar-refractivity contribution in [2.45, 2.75) is 19.6 Å². The van der Waals surface area contributed by atoms with Crippen LogP contribution >= 0.6 is 0 Å². The molecule has 4 rings (SSSR count). The zero-order valence-electron chi connectivity index (χ0n) is 15.3. The predicted molar refractivity (Wildman–Crippen MR) is 107 cm³/mol. The zero-order chi connectivity index (χ0) is 19.7. The average Bonchev–Trinajstić information content (AvgIpc) is 2.71. The Morgan fingerprint density at radius 1 is 1.00 bits per heavy atom. The molecule has 0 fully saturated rings. The number of fused-ring (bicyclic) bond motifs is 1. The van der Waals surface area contributed by atoms with E-state index in [1.165, 1.54) is 12.1 Å². The van der Waals surface area contributed by atoms with Gasteiger partial charge in [0, 0.05) is 24.4 Å². The Morgan fingerprint density at radius 3 is 2.36 bits per heavy atom. The van der Waals surface area contributed by atoms with Crippen molar-refractivity contribution in [1.29, 1.82) is 0 Å². The Hall–Kier alpha value is -3.67. The van der Waals surface area contributed by atoms with Crippen molar-refractivity contribution in [2.24, 2.45) is 0 Å². The molecular weight excluding hydrogens is 354 g/mol. The predicted octanol–water partition coefficient (Wildman–Crippen LogP) is 4.67. The van der Waals surface area contributed by atoms with Gasteiger partial charge in [-0.1, -0.05) is 42.0 Å². The molecule has 0 bridgehead atoms. The lowest BCUT2D eigenvalue weighted by atomic mass is 10.0. The Bertz CT molecular complexity index is 1030. The van der Waals surface area contributed by atoms with Crippen LogP contribution in [0.25, 0.3) is 0 Å². The Labute approximate surface area is 162 Å². The summed E-state index contributed by atoms with van der Waals surface area (Å²) in [6, 6.07) is 21.8. The lowest BCUT2D eigenvalue weighted by molar-refractivity contribution is -0.384. The van der Waals surface area contributed by atoms with Crippen molar-refractivity contribution >= 4 is 17.3 Å². The lowest BCUT2D eigenvalue weighted by Gasteiger charge is -2.38. The molecular formula is C22H19N3O3. The molecule has 0 saturated heterocycles. The highest BCUT2D eigenvalue weighted by molar-refractivity contribution is 6.01. The molecule has 3 aromatic carbocycles. The van der Waals surface area contributed by atoms with Crippen molar-refractivity contribution in [1.82, 2.24) is 4.90 Å². The summed E-state index contributed by atoms with van der Waals surface area (Å²) in [5.74, 6) is -0.0710. The van der Waals surface area contributed by atoms with Gasteiger partial charge in [0.25, 0.3) is 11.6 Å². The highest BCUT2D eigenvalue weighted by Crippen LogP contribution is 2.34. The molecule has 0 aliphatic carbocycles. The van der Waals surface area contributed by atoms with Gasteiger partial charge in [-0.25, -0.2) is 0 Å². The Kier molecular flexibility index (Phi) is 4.53. The molecule has 3 aromatic rings. The minimum absolute atomic E-state index is 0.0244. The van der Waals surface area contributed by atoms with E-state index in [4.69, 9.17) is 0 Å². The number of non-ortho nitro benzene ring substituents is 1. The topological polar surface area (TPSA) is 75.5 Å². The first kappa shape index (κ1) is 17.7. The molecule has 1 amide bonds. The van der Waals surface area contributed by atoms with Crippen LogP contribution < -0.4 is 5.32 Å². The fourth-order valence-corrected chi connectivity index (χ4v) is 3.39. The molecule has 0 saturated carbocycles. The number of nitro benzene ring substituents is 1. The Balaban J connectivity index is 1.73. The van der Waals surface area contributed by atoms with Crippen LogP contribution in [0, 0.1) is 17.0 Å². The van der Waals surface area contributed by atoms with Gasteiger partial charge >= 0.3 is 0 Å². The minimum atomic E-state index is -0.428. The van der Waals surface area contributed by atoms with Crippen molar-refractivity contribution in [3.63, 3.8) is 0 Å². The van der Waals surface area contributed by atoms with Crippen molar-refractivity contribution < 1.29 is 9.72 Å². The van der Waals surface area contributed by atoms with E-state index in [9.17, 15) is 14.9 Å². The summed E-state index contributed by atoms with van der Waals surface area (Å²) in [7, 11) is 0. The summed E-state index contributed by atoms with van der Waals surface area (Å²) in [6.07, 6.45) is -0.412. The van der Waals surface area contributed by atoms with Gasteiger partial charge in [-0.05, 0) is 42.3 Å². The molecule has 0 spiro atoms. The van der Waals surface area contributed by atoms with Gasteiger partial charge in [0.05, 0.1) is 10.5 Å². The first-order chi connectivity index (χ1) is 13.5. The first-order valence-electron chi connectivity index (χ1n) is 8.99. The molecule has 1 aliphatic rings. The minimum Gasteiger partial charge on any atom is -0.361 e. The summed E-state index contributed by atoms with van der Waals surface area (Å²) in [5.41, 5.74) is 4.37. The maximum atomic E-state index is 13.2. The number of hydrogen-bond acceptors (Lipinski definition) is 4. The quantitative estimate of drug-likeness (QED) is 0.533. The standard InChI is InChI=1S/C22H19N3O3/c1-15-6-8-16(9-7-15)14-24-21(17-10-12-18(13-11-17)25(27)28)23-20-5-3-2-4-19(20)22(24)26/h2-13,21,23H,14H2,1H3/t21-/m1/s1. The highest BCUT2D eigenvalue weighted by Gasteiger charge is 2.33. The van der Waals surface area contributed by atoms with Gasteiger partial charge in [0.15, 0.2) is 0 Å². The molecule has 1 N–H and O–H groups in total. The monoisotopic (exact) mass is 373 g/mol. The SMILES string of the molecule is Cc1ccc(CN2C(=O)c3ccccc3N[C@H]2c2ccc([N+](=O)[O-])cc2)cc1. The number of rotatable bonds is 4. The van der Waals surface area contributed by atoms with E-state index in [0.717, 1.165) is 22.4 Å². The van der Waals surface area contributed by atoms with Crippen LogP contribution in [0.3, 0.4) is 0 Å². The molecule has 0 radical (unpaired) electrons. The van der Waals surface area contributed by atoms with Gasteiger partial charge in [0.2, 0.25) is 0 Å². The highest BCUT2D eigenvalue weighted by atomic mass is 16.6. The number of benzene rings is 3. The molecule has 28 heavy (non-hydrogen) atoms. The molecule has 1 aliphatic heterocycles. The van der Waals surface area contributed by atoms with Crippen molar-refractivity contribution in [3.8, 4) is 0 Å². The van der Waals surface area contributed by atoms with Gasteiger partial charge in [0.1, 0.15) is 6.17 Å². The van der Waals surface area contributed by atoms with Gasteiger partial charge in [-0.15, -0.1) is 0 Å². The van der Waals surface area contributed by atoms with E-state index < -0.39 is 11.1 Å². The van der Waals surface area contributed by atoms with Crippen LogP contribution in [0.2, 0.25) is 0 Å². The molecule has 0 unspecified atom stereocenters. The van der Waals surface area contributed by atoms with E-state index in [-0.39, 0.29) is 11.6 Å². The maximum Gasteiger partial charge on any atom is 0.269 e. The van der Waals surface area contributed by atoms with Crippen LogP contribution in [-0.4, -0.2) is 15.7 Å². The second-order valence-electron chi connectivity index (χ2n) is 6.86. The fourth-order valence-electron chi connectivity index (χ4n) is 3.39. The molecule has 6 heteroatoms. The first-order valence-corrected chi connectivity index (χ1v) is 8.99. The zero-order valence-corrected chi connectivity index (χ0v) is 15.3. The van der Waals surface area contributed by atoms with Crippen LogP contribution in [0.5, 0.6) is 0 Å². The number of para-hydroxylation sites is 1. The number of nitrogens with zero attached hydrogens (tertiary/aromatic N) is 2. The van der Waals surface area contributed by atoms with Crippen molar-refractivity contribution in [2.75, 3.05) is 5.32 Å². The summed E-state index contributed by atoms with van der Waals surface area (Å²) in [5, 5.41) is 14.4. The number of aryl methyl sites for hydroxylation is 1. The molecule has 1 atom stereocenters. The molecule has 6 nitrogen and oxygen atoms in total.